The number of aromatic nitrogens is 4. The molecule has 0 atom stereocenters. The Morgan fingerprint density at radius 3 is 2.26 bits per heavy atom. The molecular formula is C19H20N4O3S. The second-order valence-electron chi connectivity index (χ2n) is 6.62. The highest BCUT2D eigenvalue weighted by Crippen LogP contribution is 2.27. The standard InChI is InChI=1S/C19H20N4O3S/c1-10-6-11(2)8-13(7-10)15-20-16-14(17(21-15)27-9-12(3)24)18(25)23(5)19(26)22(16)4/h6-8H,9H2,1-5H3. The molecule has 140 valence electrons. The summed E-state index contributed by atoms with van der Waals surface area (Å²) in [5.74, 6) is 0.578. The van der Waals surface area contributed by atoms with Crippen LogP contribution in [0.4, 0.5) is 0 Å². The Kier molecular flexibility index (Phi) is 5.01. The fourth-order valence-electron chi connectivity index (χ4n) is 2.94. The molecule has 0 bridgehead atoms. The van der Waals surface area contributed by atoms with E-state index in [1.165, 1.54) is 30.3 Å². The monoisotopic (exact) mass is 384 g/mol. The van der Waals surface area contributed by atoms with Crippen LogP contribution in [0.25, 0.3) is 22.4 Å². The summed E-state index contributed by atoms with van der Waals surface area (Å²) in [7, 11) is 2.99. The molecule has 2 heterocycles. The number of ketones is 1. The van der Waals surface area contributed by atoms with Crippen molar-refractivity contribution in [3.05, 3.63) is 50.2 Å². The first-order valence-corrected chi connectivity index (χ1v) is 9.36. The number of hydrogen-bond donors (Lipinski definition) is 0. The molecular weight excluding hydrogens is 364 g/mol. The molecule has 3 aromatic rings. The lowest BCUT2D eigenvalue weighted by Gasteiger charge is -2.12. The van der Waals surface area contributed by atoms with Crippen LogP contribution < -0.4 is 11.2 Å². The summed E-state index contributed by atoms with van der Waals surface area (Å²) in [6.45, 7) is 5.44. The molecule has 7 nitrogen and oxygen atoms in total. The molecule has 0 N–H and O–H groups in total. The maximum Gasteiger partial charge on any atom is 0.332 e. The average Bonchev–Trinajstić information content (AvgIpc) is 2.61. The maximum absolute atomic E-state index is 12.7. The van der Waals surface area contributed by atoms with E-state index in [-0.39, 0.29) is 22.6 Å². The van der Waals surface area contributed by atoms with Gasteiger partial charge in [-0.15, -0.1) is 0 Å². The van der Waals surface area contributed by atoms with Gasteiger partial charge in [-0.1, -0.05) is 29.0 Å². The number of carbonyl (C=O) groups is 1. The summed E-state index contributed by atoms with van der Waals surface area (Å²) < 4.78 is 2.36. The van der Waals surface area contributed by atoms with Crippen LogP contribution in [0.5, 0.6) is 0 Å². The summed E-state index contributed by atoms with van der Waals surface area (Å²) in [5, 5.41) is 0.652. The van der Waals surface area contributed by atoms with E-state index in [1.54, 1.807) is 7.05 Å². The molecule has 0 aliphatic rings. The Bertz CT molecular complexity index is 1170. The number of thioether (sulfide) groups is 1. The van der Waals surface area contributed by atoms with E-state index in [9.17, 15) is 14.4 Å². The molecule has 0 aliphatic carbocycles. The van der Waals surface area contributed by atoms with Crippen molar-refractivity contribution in [2.75, 3.05) is 5.75 Å². The van der Waals surface area contributed by atoms with Gasteiger partial charge in [0.25, 0.3) is 5.56 Å². The lowest BCUT2D eigenvalue weighted by molar-refractivity contribution is -0.114. The molecule has 0 unspecified atom stereocenters. The molecule has 1 aromatic carbocycles. The fourth-order valence-corrected chi connectivity index (χ4v) is 3.75. The first-order chi connectivity index (χ1) is 12.7. The van der Waals surface area contributed by atoms with Gasteiger partial charge in [-0.25, -0.2) is 14.8 Å². The highest BCUT2D eigenvalue weighted by atomic mass is 32.2. The van der Waals surface area contributed by atoms with Gasteiger partial charge in [0.1, 0.15) is 16.2 Å². The first kappa shape index (κ1) is 19.0. The largest absolute Gasteiger partial charge is 0.332 e. The SMILES string of the molecule is CC(=O)CSc1nc(-c2cc(C)cc(C)c2)nc2c1c(=O)n(C)c(=O)n2C. The molecule has 3 rings (SSSR count). The fraction of sp³-hybridized carbons (Fsp3) is 0.316. The Morgan fingerprint density at radius 1 is 1.04 bits per heavy atom. The van der Waals surface area contributed by atoms with Gasteiger partial charge in [0.2, 0.25) is 0 Å². The van der Waals surface area contributed by atoms with Crippen molar-refractivity contribution in [2.24, 2.45) is 14.1 Å². The van der Waals surface area contributed by atoms with E-state index in [1.807, 2.05) is 32.0 Å². The molecule has 0 saturated carbocycles. The van der Waals surface area contributed by atoms with Crippen LogP contribution in [0, 0.1) is 13.8 Å². The smallest absolute Gasteiger partial charge is 0.299 e. The van der Waals surface area contributed by atoms with Crippen molar-refractivity contribution < 1.29 is 4.79 Å². The van der Waals surface area contributed by atoms with Crippen molar-refractivity contribution in [3.8, 4) is 11.4 Å². The van der Waals surface area contributed by atoms with Crippen molar-refractivity contribution in [1.29, 1.82) is 0 Å². The van der Waals surface area contributed by atoms with E-state index in [2.05, 4.69) is 9.97 Å². The predicted molar refractivity (Wildman–Crippen MR) is 106 cm³/mol. The van der Waals surface area contributed by atoms with E-state index in [0.29, 0.717) is 10.9 Å². The van der Waals surface area contributed by atoms with Gasteiger partial charge in [-0.05, 0) is 32.9 Å². The average molecular weight is 384 g/mol. The molecule has 0 amide bonds. The quantitative estimate of drug-likeness (QED) is 0.505. The van der Waals surface area contributed by atoms with Gasteiger partial charge in [-0.2, -0.15) is 0 Å². The van der Waals surface area contributed by atoms with Crippen molar-refractivity contribution in [1.82, 2.24) is 19.1 Å². The summed E-state index contributed by atoms with van der Waals surface area (Å²) >= 11 is 1.18. The summed E-state index contributed by atoms with van der Waals surface area (Å²) in [6.07, 6.45) is 0. The van der Waals surface area contributed by atoms with Gasteiger partial charge < -0.3 is 0 Å². The second kappa shape index (κ2) is 7.11. The Balaban J connectivity index is 2.39. The Labute approximate surface area is 160 Å². The van der Waals surface area contributed by atoms with Crippen molar-refractivity contribution in [3.63, 3.8) is 0 Å². The lowest BCUT2D eigenvalue weighted by atomic mass is 10.1. The van der Waals surface area contributed by atoms with Crippen LogP contribution in [-0.4, -0.2) is 30.6 Å². The minimum Gasteiger partial charge on any atom is -0.299 e. The third-order valence-electron chi connectivity index (χ3n) is 4.16. The van der Waals surface area contributed by atoms with Gasteiger partial charge in [0.05, 0.1) is 5.75 Å². The second-order valence-corrected chi connectivity index (χ2v) is 7.59. The molecule has 0 saturated heterocycles. The van der Waals surface area contributed by atoms with Crippen LogP contribution in [0.15, 0.2) is 32.8 Å². The number of aryl methyl sites for hydroxylation is 3. The summed E-state index contributed by atoms with van der Waals surface area (Å²) in [6, 6.07) is 5.95. The number of hydrogen-bond acceptors (Lipinski definition) is 6. The minimum atomic E-state index is -0.467. The van der Waals surface area contributed by atoms with Crippen LogP contribution in [-0.2, 0) is 18.9 Å². The molecule has 0 spiro atoms. The number of carbonyl (C=O) groups excluding carboxylic acids is 1. The van der Waals surface area contributed by atoms with Gasteiger partial charge in [0, 0.05) is 19.7 Å². The molecule has 27 heavy (non-hydrogen) atoms. The number of benzene rings is 1. The topological polar surface area (TPSA) is 86.8 Å². The predicted octanol–water partition coefficient (Wildman–Crippen LogP) is 1.99. The van der Waals surface area contributed by atoms with Crippen LogP contribution in [0.3, 0.4) is 0 Å². The lowest BCUT2D eigenvalue weighted by Crippen LogP contribution is -2.37. The zero-order valence-electron chi connectivity index (χ0n) is 15.9. The zero-order valence-corrected chi connectivity index (χ0v) is 16.7. The molecule has 0 fully saturated rings. The first-order valence-electron chi connectivity index (χ1n) is 8.37. The molecule has 2 aromatic heterocycles. The molecule has 0 aliphatic heterocycles. The summed E-state index contributed by atoms with van der Waals surface area (Å²) in [4.78, 5) is 45.6. The number of nitrogens with zero attached hydrogens (tertiary/aromatic N) is 4. The number of rotatable bonds is 4. The maximum atomic E-state index is 12.7. The number of Topliss-reactive ketones (excluding diaryl/α,β-unsaturated/α-hetero) is 1. The normalized spacial score (nSPS) is 11.1. The highest BCUT2D eigenvalue weighted by molar-refractivity contribution is 8.00. The highest BCUT2D eigenvalue weighted by Gasteiger charge is 2.18. The Hall–Kier alpha value is -2.74. The molecule has 0 radical (unpaired) electrons. The van der Waals surface area contributed by atoms with Crippen LogP contribution >= 0.6 is 11.8 Å². The number of fused-ring (bicyclic) bond motifs is 1. The summed E-state index contributed by atoms with van der Waals surface area (Å²) in [5.41, 5.74) is 2.26. The Morgan fingerprint density at radius 2 is 1.67 bits per heavy atom. The minimum absolute atomic E-state index is 0.0265. The van der Waals surface area contributed by atoms with Crippen LogP contribution in [0.2, 0.25) is 0 Å². The zero-order chi connectivity index (χ0) is 19.9. The third kappa shape index (κ3) is 3.57. The van der Waals surface area contributed by atoms with Crippen LogP contribution in [0.1, 0.15) is 18.1 Å². The molecule has 8 heteroatoms. The van der Waals surface area contributed by atoms with E-state index in [4.69, 9.17) is 0 Å². The van der Waals surface area contributed by atoms with Crippen molar-refractivity contribution >= 4 is 28.6 Å². The van der Waals surface area contributed by atoms with Crippen molar-refractivity contribution in [2.45, 2.75) is 25.8 Å². The van der Waals surface area contributed by atoms with Gasteiger partial charge in [0.15, 0.2) is 11.5 Å². The van der Waals surface area contributed by atoms with E-state index < -0.39 is 11.2 Å². The third-order valence-corrected chi connectivity index (χ3v) is 5.28. The van der Waals surface area contributed by atoms with E-state index in [0.717, 1.165) is 21.3 Å². The van der Waals surface area contributed by atoms with Gasteiger partial charge >= 0.3 is 5.69 Å². The van der Waals surface area contributed by atoms with Gasteiger partial charge in [-0.3, -0.25) is 18.7 Å². The van der Waals surface area contributed by atoms with E-state index >= 15 is 0 Å².